The van der Waals surface area contributed by atoms with Crippen LogP contribution in [0.2, 0.25) is 20.1 Å². The summed E-state index contributed by atoms with van der Waals surface area (Å²) in [6.07, 6.45) is 0. The summed E-state index contributed by atoms with van der Waals surface area (Å²) in [5, 5.41) is 13.9. The Morgan fingerprint density at radius 3 is 2.47 bits per heavy atom. The van der Waals surface area contributed by atoms with Gasteiger partial charge in [0.15, 0.2) is 11.0 Å². The first-order chi connectivity index (χ1) is 16.3. The van der Waals surface area contributed by atoms with Crippen molar-refractivity contribution in [3.8, 4) is 5.69 Å². The normalized spacial score (nSPS) is 11.0. The van der Waals surface area contributed by atoms with E-state index in [4.69, 9.17) is 46.4 Å². The van der Waals surface area contributed by atoms with Crippen LogP contribution >= 0.6 is 58.2 Å². The molecule has 3 aromatic carbocycles. The zero-order valence-corrected chi connectivity index (χ0v) is 21.7. The predicted molar refractivity (Wildman–Crippen MR) is 140 cm³/mol. The van der Waals surface area contributed by atoms with Gasteiger partial charge < -0.3 is 5.32 Å². The van der Waals surface area contributed by atoms with Crippen molar-refractivity contribution in [1.82, 2.24) is 20.1 Å². The third-order valence-corrected chi connectivity index (χ3v) is 7.31. The molecule has 0 aliphatic rings. The van der Waals surface area contributed by atoms with Gasteiger partial charge in [-0.1, -0.05) is 82.4 Å². The molecule has 0 bridgehead atoms. The lowest BCUT2D eigenvalue weighted by molar-refractivity contribution is 0.0949. The predicted octanol–water partition coefficient (Wildman–Crippen LogP) is 7.41. The number of nitrogens with one attached hydrogen (secondary N) is 1. The number of thioether (sulfide) groups is 1. The van der Waals surface area contributed by atoms with E-state index in [2.05, 4.69) is 34.6 Å². The van der Waals surface area contributed by atoms with Gasteiger partial charge in [-0.2, -0.15) is 0 Å². The topological polar surface area (TPSA) is 59.8 Å². The van der Waals surface area contributed by atoms with Gasteiger partial charge in [-0.15, -0.1) is 10.2 Å². The molecule has 10 heteroatoms. The fraction of sp³-hybridized carbons (Fsp3) is 0.125. The van der Waals surface area contributed by atoms with Crippen molar-refractivity contribution in [3.05, 3.63) is 103 Å². The molecule has 0 spiro atoms. The minimum Gasteiger partial charge on any atom is -0.345 e. The Morgan fingerprint density at radius 2 is 1.74 bits per heavy atom. The standard InChI is InChI=1S/C24H18Cl4N4OS/c1-14-4-2-3-5-16(14)13-34-24-31-30-22(32(24)21-9-7-17(25)11-20(21)28)12-29-23(33)15-6-8-18(26)19(27)10-15/h2-11H,12-13H2,1H3,(H,29,33). The zero-order valence-electron chi connectivity index (χ0n) is 17.9. The molecular weight excluding hydrogens is 534 g/mol. The number of hydrogen-bond donors (Lipinski definition) is 1. The van der Waals surface area contributed by atoms with Crippen LogP contribution in [0.15, 0.2) is 65.8 Å². The average Bonchev–Trinajstić information content (AvgIpc) is 3.21. The molecular formula is C24H18Cl4N4OS. The second kappa shape index (κ2) is 11.0. The molecule has 1 N–H and O–H groups in total. The Bertz CT molecular complexity index is 1360. The minimum absolute atomic E-state index is 0.121. The van der Waals surface area contributed by atoms with E-state index in [0.717, 1.165) is 0 Å². The van der Waals surface area contributed by atoms with Crippen molar-refractivity contribution in [2.45, 2.75) is 24.4 Å². The second-order valence-corrected chi connectivity index (χ2v) is 9.96. The molecule has 0 atom stereocenters. The summed E-state index contributed by atoms with van der Waals surface area (Å²) >= 11 is 26.1. The van der Waals surface area contributed by atoms with E-state index < -0.39 is 0 Å². The summed E-state index contributed by atoms with van der Waals surface area (Å²) < 4.78 is 1.83. The molecule has 1 heterocycles. The Balaban J connectivity index is 1.61. The Morgan fingerprint density at radius 1 is 0.941 bits per heavy atom. The van der Waals surface area contributed by atoms with Gasteiger partial charge in [-0.25, -0.2) is 0 Å². The van der Waals surface area contributed by atoms with Crippen LogP contribution in [0, 0.1) is 6.92 Å². The summed E-state index contributed by atoms with van der Waals surface area (Å²) in [6, 6.07) is 18.1. The second-order valence-electron chi connectivity index (χ2n) is 7.36. The van der Waals surface area contributed by atoms with Gasteiger partial charge in [0, 0.05) is 16.3 Å². The SMILES string of the molecule is Cc1ccccc1CSc1nnc(CNC(=O)c2ccc(Cl)c(Cl)c2)n1-c1ccc(Cl)cc1Cl. The van der Waals surface area contributed by atoms with Crippen molar-refractivity contribution >= 4 is 64.1 Å². The highest BCUT2D eigenvalue weighted by atomic mass is 35.5. The number of benzene rings is 3. The number of amides is 1. The lowest BCUT2D eigenvalue weighted by Gasteiger charge is -2.13. The molecule has 0 saturated heterocycles. The number of nitrogens with zero attached hydrogens (tertiary/aromatic N) is 3. The van der Waals surface area contributed by atoms with Crippen LogP contribution in [-0.2, 0) is 12.3 Å². The van der Waals surface area contributed by atoms with Gasteiger partial charge in [0.1, 0.15) is 0 Å². The molecule has 1 amide bonds. The number of rotatable bonds is 7. The molecule has 0 saturated carbocycles. The maximum Gasteiger partial charge on any atom is 0.251 e. The lowest BCUT2D eigenvalue weighted by Crippen LogP contribution is -2.24. The minimum atomic E-state index is -0.315. The first-order valence-corrected chi connectivity index (χ1v) is 12.6. The van der Waals surface area contributed by atoms with Gasteiger partial charge in [-0.3, -0.25) is 9.36 Å². The average molecular weight is 552 g/mol. The Hall–Kier alpha value is -2.22. The third kappa shape index (κ3) is 5.70. The molecule has 0 unspecified atom stereocenters. The van der Waals surface area contributed by atoms with Crippen molar-refractivity contribution < 1.29 is 4.79 Å². The monoisotopic (exact) mass is 550 g/mol. The van der Waals surface area contributed by atoms with Crippen LogP contribution in [0.1, 0.15) is 27.3 Å². The number of aryl methyl sites for hydroxylation is 1. The molecule has 4 rings (SSSR count). The van der Waals surface area contributed by atoms with Gasteiger partial charge in [0.2, 0.25) is 0 Å². The van der Waals surface area contributed by atoms with Crippen molar-refractivity contribution in [3.63, 3.8) is 0 Å². The molecule has 4 aromatic rings. The number of carbonyl (C=O) groups excluding carboxylic acids is 1. The smallest absolute Gasteiger partial charge is 0.251 e. The summed E-state index contributed by atoms with van der Waals surface area (Å²) in [5.41, 5.74) is 3.44. The first kappa shape index (κ1) is 24.9. The number of aromatic nitrogens is 3. The number of halogens is 4. The van der Waals surface area contributed by atoms with E-state index >= 15 is 0 Å². The van der Waals surface area contributed by atoms with Gasteiger partial charge >= 0.3 is 0 Å². The molecule has 0 radical (unpaired) electrons. The highest BCUT2D eigenvalue weighted by Gasteiger charge is 2.18. The van der Waals surface area contributed by atoms with Crippen LogP contribution in [-0.4, -0.2) is 20.7 Å². The lowest BCUT2D eigenvalue weighted by atomic mass is 10.1. The van der Waals surface area contributed by atoms with Gasteiger partial charge in [-0.05, 0) is 54.4 Å². The van der Waals surface area contributed by atoms with Crippen LogP contribution in [0.3, 0.4) is 0 Å². The van der Waals surface area contributed by atoms with Crippen molar-refractivity contribution in [1.29, 1.82) is 0 Å². The molecule has 0 aliphatic carbocycles. The number of carbonyl (C=O) groups is 1. The maximum atomic E-state index is 12.7. The van der Waals surface area contributed by atoms with Crippen LogP contribution < -0.4 is 5.32 Å². The maximum absolute atomic E-state index is 12.7. The molecule has 5 nitrogen and oxygen atoms in total. The van der Waals surface area contributed by atoms with E-state index in [1.807, 2.05) is 16.7 Å². The third-order valence-electron chi connectivity index (χ3n) is 5.06. The highest BCUT2D eigenvalue weighted by molar-refractivity contribution is 7.98. The van der Waals surface area contributed by atoms with Gasteiger partial charge in [0.05, 0.1) is 27.3 Å². The van der Waals surface area contributed by atoms with E-state index in [9.17, 15) is 4.79 Å². The van der Waals surface area contributed by atoms with Crippen LogP contribution in [0.5, 0.6) is 0 Å². The highest BCUT2D eigenvalue weighted by Crippen LogP contribution is 2.31. The molecule has 0 aliphatic heterocycles. The number of hydrogen-bond acceptors (Lipinski definition) is 4. The van der Waals surface area contributed by atoms with Crippen molar-refractivity contribution in [2.75, 3.05) is 0 Å². The molecule has 174 valence electrons. The zero-order chi connectivity index (χ0) is 24.2. The quantitative estimate of drug-likeness (QED) is 0.243. The van der Waals surface area contributed by atoms with Crippen molar-refractivity contribution in [2.24, 2.45) is 0 Å². The summed E-state index contributed by atoms with van der Waals surface area (Å²) in [4.78, 5) is 12.7. The summed E-state index contributed by atoms with van der Waals surface area (Å²) in [5.74, 6) is 0.903. The van der Waals surface area contributed by atoms with Gasteiger partial charge in [0.25, 0.3) is 5.91 Å². The van der Waals surface area contributed by atoms with E-state index in [1.165, 1.54) is 29.0 Å². The summed E-state index contributed by atoms with van der Waals surface area (Å²) in [6.45, 7) is 2.19. The molecule has 1 aromatic heterocycles. The van der Waals surface area contributed by atoms with Crippen LogP contribution in [0.4, 0.5) is 0 Å². The molecule has 34 heavy (non-hydrogen) atoms. The summed E-state index contributed by atoms with van der Waals surface area (Å²) in [7, 11) is 0. The molecule has 0 fully saturated rings. The Labute approximate surface area is 221 Å². The fourth-order valence-electron chi connectivity index (χ4n) is 3.23. The largest absolute Gasteiger partial charge is 0.345 e. The van der Waals surface area contributed by atoms with E-state index in [1.54, 1.807) is 30.3 Å². The van der Waals surface area contributed by atoms with E-state index in [0.29, 0.717) is 48.1 Å². The van der Waals surface area contributed by atoms with E-state index in [-0.39, 0.29) is 12.5 Å². The van der Waals surface area contributed by atoms with Crippen LogP contribution in [0.25, 0.3) is 5.69 Å². The Kier molecular flexibility index (Phi) is 8.06. The first-order valence-electron chi connectivity index (χ1n) is 10.1. The fourth-order valence-corrected chi connectivity index (χ4v) is 5.06.